The molecule has 1 aliphatic rings. The molecule has 2 amide bonds. The molecular weight excluding hydrogens is 322 g/mol. The molecule has 0 saturated carbocycles. The van der Waals surface area contributed by atoms with E-state index in [1.54, 1.807) is 23.2 Å². The number of hydrogen-bond acceptors (Lipinski definition) is 4. The first kappa shape index (κ1) is 16.5. The Morgan fingerprint density at radius 3 is 2.92 bits per heavy atom. The molecular formula is C18H19N3O2S. The Labute approximate surface area is 145 Å². The number of hydrogen-bond donors (Lipinski definition) is 1. The molecule has 1 N–H and O–H groups in total. The fourth-order valence-corrected chi connectivity index (χ4v) is 3.60. The van der Waals surface area contributed by atoms with Gasteiger partial charge < -0.3 is 10.2 Å². The number of aryl methyl sites for hydroxylation is 2. The van der Waals surface area contributed by atoms with E-state index in [4.69, 9.17) is 0 Å². The van der Waals surface area contributed by atoms with E-state index in [0.717, 1.165) is 10.5 Å². The molecule has 124 valence electrons. The number of nitrogens with zero attached hydrogens (tertiary/aromatic N) is 2. The van der Waals surface area contributed by atoms with Crippen LogP contribution >= 0.6 is 11.8 Å². The molecule has 1 fully saturated rings. The molecule has 1 aromatic carbocycles. The van der Waals surface area contributed by atoms with E-state index < -0.39 is 0 Å². The molecule has 5 nitrogen and oxygen atoms in total. The van der Waals surface area contributed by atoms with E-state index >= 15 is 0 Å². The minimum absolute atomic E-state index is 0.0985. The van der Waals surface area contributed by atoms with Crippen molar-refractivity contribution in [1.29, 1.82) is 0 Å². The van der Waals surface area contributed by atoms with Crippen LogP contribution in [0.1, 0.15) is 21.5 Å². The zero-order chi connectivity index (χ0) is 17.1. The number of carbonyl (C=O) groups excluding carboxylic acids is 2. The maximum atomic E-state index is 12.8. The number of benzene rings is 1. The Kier molecular flexibility index (Phi) is 4.85. The first-order valence-electron chi connectivity index (χ1n) is 7.80. The van der Waals surface area contributed by atoms with Crippen molar-refractivity contribution in [2.45, 2.75) is 23.8 Å². The minimum Gasteiger partial charge on any atom is -0.353 e. The van der Waals surface area contributed by atoms with E-state index in [1.165, 1.54) is 17.3 Å². The third-order valence-corrected chi connectivity index (χ3v) is 5.06. The van der Waals surface area contributed by atoms with Gasteiger partial charge in [0.2, 0.25) is 5.91 Å². The van der Waals surface area contributed by atoms with Gasteiger partial charge in [0.15, 0.2) is 0 Å². The summed E-state index contributed by atoms with van der Waals surface area (Å²) in [5.41, 5.74) is 2.85. The van der Waals surface area contributed by atoms with Crippen molar-refractivity contribution in [2.75, 3.05) is 19.6 Å². The highest BCUT2D eigenvalue weighted by atomic mass is 32.2. The molecule has 1 aromatic heterocycles. The summed E-state index contributed by atoms with van der Waals surface area (Å²) in [6.07, 6.45) is 1.69. The summed E-state index contributed by atoms with van der Waals surface area (Å²) in [5, 5.41) is 3.40. The van der Waals surface area contributed by atoms with E-state index in [-0.39, 0.29) is 18.4 Å². The van der Waals surface area contributed by atoms with Crippen LogP contribution in [0.15, 0.2) is 46.5 Å². The van der Waals surface area contributed by atoms with Gasteiger partial charge in [0.1, 0.15) is 5.03 Å². The Morgan fingerprint density at radius 1 is 1.29 bits per heavy atom. The van der Waals surface area contributed by atoms with Gasteiger partial charge in [-0.2, -0.15) is 0 Å². The maximum absolute atomic E-state index is 12.8. The predicted molar refractivity (Wildman–Crippen MR) is 93.2 cm³/mol. The number of nitrogens with one attached hydrogen (secondary N) is 1. The van der Waals surface area contributed by atoms with Crippen LogP contribution in [0, 0.1) is 13.8 Å². The molecule has 0 bridgehead atoms. The first-order chi connectivity index (χ1) is 11.5. The summed E-state index contributed by atoms with van der Waals surface area (Å²) in [6, 6.07) is 9.75. The van der Waals surface area contributed by atoms with Crippen molar-refractivity contribution in [1.82, 2.24) is 15.2 Å². The monoisotopic (exact) mass is 341 g/mol. The van der Waals surface area contributed by atoms with E-state index in [1.807, 2.05) is 13.8 Å². The molecule has 2 heterocycles. The molecule has 6 heteroatoms. The summed E-state index contributed by atoms with van der Waals surface area (Å²) in [5.74, 6) is -0.270. The normalized spacial score (nSPS) is 14.4. The number of pyridine rings is 1. The zero-order valence-electron chi connectivity index (χ0n) is 13.7. The highest BCUT2D eigenvalue weighted by molar-refractivity contribution is 7.99. The molecule has 1 aliphatic heterocycles. The van der Waals surface area contributed by atoms with Crippen molar-refractivity contribution in [3.8, 4) is 0 Å². The largest absolute Gasteiger partial charge is 0.353 e. The molecule has 2 aromatic rings. The topological polar surface area (TPSA) is 62.3 Å². The van der Waals surface area contributed by atoms with Gasteiger partial charge in [-0.1, -0.05) is 23.9 Å². The highest BCUT2D eigenvalue weighted by Crippen LogP contribution is 2.32. The van der Waals surface area contributed by atoms with Crippen LogP contribution < -0.4 is 5.32 Å². The molecule has 3 rings (SSSR count). The summed E-state index contributed by atoms with van der Waals surface area (Å²) < 4.78 is 0. The highest BCUT2D eigenvalue weighted by Gasteiger charge is 2.24. The van der Waals surface area contributed by atoms with Gasteiger partial charge >= 0.3 is 0 Å². The summed E-state index contributed by atoms with van der Waals surface area (Å²) in [6.45, 7) is 5.19. The van der Waals surface area contributed by atoms with Crippen LogP contribution in [0.3, 0.4) is 0 Å². The molecule has 1 saturated heterocycles. The third-order valence-electron chi connectivity index (χ3n) is 3.88. The Balaban J connectivity index is 1.89. The van der Waals surface area contributed by atoms with E-state index in [0.29, 0.717) is 23.7 Å². The van der Waals surface area contributed by atoms with Gasteiger partial charge in [-0.05, 0) is 43.2 Å². The predicted octanol–water partition coefficient (Wildman–Crippen LogP) is 2.42. The second-order valence-corrected chi connectivity index (χ2v) is 6.83. The van der Waals surface area contributed by atoms with E-state index in [9.17, 15) is 9.59 Å². The lowest BCUT2D eigenvalue weighted by atomic mass is 10.2. The summed E-state index contributed by atoms with van der Waals surface area (Å²) >= 11 is 1.49. The molecule has 0 radical (unpaired) electrons. The number of aromatic nitrogens is 1. The van der Waals surface area contributed by atoms with Crippen molar-refractivity contribution in [3.63, 3.8) is 0 Å². The summed E-state index contributed by atoms with van der Waals surface area (Å²) in [7, 11) is 0. The SMILES string of the molecule is Cc1ccc(C)c(Sc2ncccc2C(=O)N2CCNC(=O)C2)c1. The lowest BCUT2D eigenvalue weighted by Gasteiger charge is -2.27. The summed E-state index contributed by atoms with van der Waals surface area (Å²) in [4.78, 5) is 31.4. The number of piperazine rings is 1. The second-order valence-electron chi connectivity index (χ2n) is 5.80. The van der Waals surface area contributed by atoms with Gasteiger partial charge in [0.25, 0.3) is 5.91 Å². The Morgan fingerprint density at radius 2 is 2.12 bits per heavy atom. The minimum atomic E-state index is -0.147. The average Bonchev–Trinajstić information content (AvgIpc) is 2.58. The zero-order valence-corrected chi connectivity index (χ0v) is 14.5. The molecule has 0 unspecified atom stereocenters. The van der Waals surface area contributed by atoms with Crippen molar-refractivity contribution < 1.29 is 9.59 Å². The van der Waals surface area contributed by atoms with E-state index in [2.05, 4.69) is 28.5 Å². The number of carbonyl (C=O) groups is 2. The Bertz CT molecular complexity index is 792. The molecule has 0 atom stereocenters. The van der Waals surface area contributed by atoms with Gasteiger partial charge in [-0.15, -0.1) is 0 Å². The standard InChI is InChI=1S/C18H19N3O2S/c1-12-5-6-13(2)15(10-12)24-17-14(4-3-7-20-17)18(23)21-9-8-19-16(22)11-21/h3-7,10H,8-9,11H2,1-2H3,(H,19,22). The lowest BCUT2D eigenvalue weighted by molar-refractivity contribution is -0.123. The van der Waals surface area contributed by atoms with Crippen LogP contribution in [0.25, 0.3) is 0 Å². The van der Waals surface area contributed by atoms with Crippen molar-refractivity contribution in [2.24, 2.45) is 0 Å². The van der Waals surface area contributed by atoms with Crippen LogP contribution in [-0.2, 0) is 4.79 Å². The van der Waals surface area contributed by atoms with Gasteiger partial charge in [-0.25, -0.2) is 4.98 Å². The fourth-order valence-electron chi connectivity index (χ4n) is 2.54. The van der Waals surface area contributed by atoms with Crippen molar-refractivity contribution >= 4 is 23.6 Å². The van der Waals surface area contributed by atoms with Crippen LogP contribution in [0.2, 0.25) is 0 Å². The van der Waals surface area contributed by atoms with Crippen LogP contribution in [0.5, 0.6) is 0 Å². The van der Waals surface area contributed by atoms with Gasteiger partial charge in [-0.3, -0.25) is 9.59 Å². The molecule has 0 aliphatic carbocycles. The Hall–Kier alpha value is -2.34. The number of amides is 2. The molecule has 24 heavy (non-hydrogen) atoms. The second kappa shape index (κ2) is 7.05. The number of rotatable bonds is 3. The third kappa shape index (κ3) is 3.59. The quantitative estimate of drug-likeness (QED) is 0.931. The lowest BCUT2D eigenvalue weighted by Crippen LogP contribution is -2.50. The van der Waals surface area contributed by atoms with Crippen LogP contribution in [-0.4, -0.2) is 41.3 Å². The van der Waals surface area contributed by atoms with Crippen LogP contribution in [0.4, 0.5) is 0 Å². The smallest absolute Gasteiger partial charge is 0.257 e. The molecule has 0 spiro atoms. The van der Waals surface area contributed by atoms with Crippen molar-refractivity contribution in [3.05, 3.63) is 53.2 Å². The maximum Gasteiger partial charge on any atom is 0.257 e. The fraction of sp³-hybridized carbons (Fsp3) is 0.278. The van der Waals surface area contributed by atoms with Gasteiger partial charge in [0.05, 0.1) is 12.1 Å². The first-order valence-corrected chi connectivity index (χ1v) is 8.62. The van der Waals surface area contributed by atoms with Gasteiger partial charge in [0, 0.05) is 24.2 Å². The average molecular weight is 341 g/mol.